The van der Waals surface area contributed by atoms with Crippen LogP contribution in [0.5, 0.6) is 0 Å². The van der Waals surface area contributed by atoms with Crippen LogP contribution in [0.2, 0.25) is 0 Å². The predicted molar refractivity (Wildman–Crippen MR) is 141 cm³/mol. The van der Waals surface area contributed by atoms with Crippen molar-refractivity contribution in [1.29, 1.82) is 0 Å². The van der Waals surface area contributed by atoms with Crippen molar-refractivity contribution in [3.63, 3.8) is 0 Å². The van der Waals surface area contributed by atoms with Gasteiger partial charge in [-0.2, -0.15) is 4.98 Å². The van der Waals surface area contributed by atoms with Crippen LogP contribution < -0.4 is 16.4 Å². The average molecular weight is 518 g/mol. The number of nitrogen functional groups attached to an aromatic ring is 1. The second-order valence-electron chi connectivity index (χ2n) is 9.99. The molecule has 1 unspecified atom stereocenters. The molecular formula is C24H35N7O4S. The Morgan fingerprint density at radius 1 is 1.22 bits per heavy atom. The molecule has 1 aliphatic carbocycles. The Morgan fingerprint density at radius 3 is 2.61 bits per heavy atom. The molecular weight excluding hydrogens is 482 g/mol. The van der Waals surface area contributed by atoms with E-state index >= 15 is 0 Å². The van der Waals surface area contributed by atoms with Crippen molar-refractivity contribution in [1.82, 2.24) is 19.9 Å². The molecule has 0 saturated heterocycles. The summed E-state index contributed by atoms with van der Waals surface area (Å²) < 4.78 is 6.48. The highest BCUT2D eigenvalue weighted by molar-refractivity contribution is 7.21. The van der Waals surface area contributed by atoms with Crippen molar-refractivity contribution in [2.24, 2.45) is 5.92 Å². The standard InChI is InChI=1S/C24H35N7O4S/c1-11(2)35-9-8-27-23-28-12(3)16(22-30-17-15(36-22)6-7-26-20(17)25)21(31-23)29-14-10-13(24(4,5)34)18(32)19(14)33/h6-7,11,13-14,18-19,32-34H,8-10H2,1-5H3,(H2,25,26)(H2,27,28,29,31)/t13-,14?,18+,19-/m0/s1. The van der Waals surface area contributed by atoms with Gasteiger partial charge in [-0.05, 0) is 47.1 Å². The van der Waals surface area contributed by atoms with Crippen LogP contribution in [-0.4, -0.2) is 78.4 Å². The lowest BCUT2D eigenvalue weighted by atomic mass is 9.88. The number of fused-ring (bicyclic) bond motifs is 1. The van der Waals surface area contributed by atoms with Crippen LogP contribution in [-0.2, 0) is 4.74 Å². The van der Waals surface area contributed by atoms with Gasteiger partial charge in [-0.15, -0.1) is 11.3 Å². The Morgan fingerprint density at radius 2 is 1.97 bits per heavy atom. The van der Waals surface area contributed by atoms with Crippen molar-refractivity contribution in [2.45, 2.75) is 71.0 Å². The van der Waals surface area contributed by atoms with E-state index in [2.05, 4.69) is 20.6 Å². The maximum Gasteiger partial charge on any atom is 0.224 e. The van der Waals surface area contributed by atoms with Gasteiger partial charge in [-0.1, -0.05) is 0 Å². The molecule has 1 saturated carbocycles. The van der Waals surface area contributed by atoms with Crippen LogP contribution in [0.4, 0.5) is 17.6 Å². The average Bonchev–Trinajstić information content (AvgIpc) is 3.34. The number of aliphatic hydroxyl groups is 3. The minimum atomic E-state index is -1.15. The molecule has 12 heteroatoms. The van der Waals surface area contributed by atoms with E-state index in [0.717, 1.165) is 4.70 Å². The van der Waals surface area contributed by atoms with E-state index in [1.807, 2.05) is 26.8 Å². The number of nitrogens with zero attached hydrogens (tertiary/aromatic N) is 4. The normalized spacial score (nSPS) is 22.5. The molecule has 0 aromatic carbocycles. The summed E-state index contributed by atoms with van der Waals surface area (Å²) in [4.78, 5) is 18.2. The number of nitrogens with two attached hydrogens (primary N) is 1. The van der Waals surface area contributed by atoms with Crippen molar-refractivity contribution in [2.75, 3.05) is 29.5 Å². The van der Waals surface area contributed by atoms with E-state index in [9.17, 15) is 15.3 Å². The number of anilines is 3. The van der Waals surface area contributed by atoms with Gasteiger partial charge < -0.3 is 36.4 Å². The summed E-state index contributed by atoms with van der Waals surface area (Å²) in [6, 6.07) is 1.31. The van der Waals surface area contributed by atoms with Gasteiger partial charge >= 0.3 is 0 Å². The van der Waals surface area contributed by atoms with Gasteiger partial charge in [0, 0.05) is 18.7 Å². The third-order valence-corrected chi connectivity index (χ3v) is 7.43. The highest BCUT2D eigenvalue weighted by Gasteiger charge is 2.48. The van der Waals surface area contributed by atoms with Gasteiger partial charge in [0.25, 0.3) is 0 Å². The molecule has 7 N–H and O–H groups in total. The third kappa shape index (κ3) is 5.52. The number of aryl methyl sites for hydroxylation is 1. The second kappa shape index (κ2) is 10.4. The molecule has 0 radical (unpaired) electrons. The Bertz CT molecular complexity index is 1210. The summed E-state index contributed by atoms with van der Waals surface area (Å²) in [5.74, 6) is 0.706. The molecule has 11 nitrogen and oxygen atoms in total. The lowest BCUT2D eigenvalue weighted by molar-refractivity contribution is -0.0601. The smallest absolute Gasteiger partial charge is 0.224 e. The van der Waals surface area contributed by atoms with Crippen LogP contribution in [0.15, 0.2) is 12.3 Å². The minimum Gasteiger partial charge on any atom is -0.390 e. The SMILES string of the molecule is Cc1nc(NCCOC(C)C)nc(NC2C[C@H](C(C)(C)O)[C@@H](O)[C@H]2O)c1-c1nc2c(N)nccc2s1. The highest BCUT2D eigenvalue weighted by atomic mass is 32.1. The zero-order valence-corrected chi connectivity index (χ0v) is 22.0. The third-order valence-electron chi connectivity index (χ3n) is 6.39. The largest absolute Gasteiger partial charge is 0.390 e. The van der Waals surface area contributed by atoms with E-state index in [1.54, 1.807) is 20.0 Å². The van der Waals surface area contributed by atoms with Crippen LogP contribution in [0, 0.1) is 12.8 Å². The maximum absolute atomic E-state index is 10.8. The van der Waals surface area contributed by atoms with E-state index < -0.39 is 29.8 Å². The molecule has 196 valence electrons. The zero-order chi connectivity index (χ0) is 26.2. The zero-order valence-electron chi connectivity index (χ0n) is 21.2. The van der Waals surface area contributed by atoms with Gasteiger partial charge in [-0.3, -0.25) is 0 Å². The first-order valence-corrected chi connectivity index (χ1v) is 12.9. The monoisotopic (exact) mass is 517 g/mol. The fourth-order valence-corrected chi connectivity index (χ4v) is 5.57. The van der Waals surface area contributed by atoms with Gasteiger partial charge in [0.2, 0.25) is 5.95 Å². The molecule has 3 heterocycles. The van der Waals surface area contributed by atoms with Crippen LogP contribution in [0.3, 0.4) is 0 Å². The van der Waals surface area contributed by atoms with Crippen molar-refractivity contribution in [3.8, 4) is 10.6 Å². The number of hydrogen-bond acceptors (Lipinski definition) is 12. The first-order valence-electron chi connectivity index (χ1n) is 12.1. The summed E-state index contributed by atoms with van der Waals surface area (Å²) in [7, 11) is 0. The topological polar surface area (TPSA) is 172 Å². The predicted octanol–water partition coefficient (Wildman–Crippen LogP) is 2.17. The minimum absolute atomic E-state index is 0.119. The van der Waals surface area contributed by atoms with Crippen molar-refractivity contribution >= 4 is 39.1 Å². The highest BCUT2D eigenvalue weighted by Crippen LogP contribution is 2.40. The van der Waals surface area contributed by atoms with Gasteiger partial charge in [-0.25, -0.2) is 15.0 Å². The number of thiazole rings is 1. The quantitative estimate of drug-likeness (QED) is 0.230. The fourth-order valence-electron chi connectivity index (χ4n) is 4.51. The Balaban J connectivity index is 1.70. The van der Waals surface area contributed by atoms with Crippen LogP contribution >= 0.6 is 11.3 Å². The molecule has 4 rings (SSSR count). The van der Waals surface area contributed by atoms with E-state index in [0.29, 0.717) is 58.9 Å². The van der Waals surface area contributed by atoms with Crippen molar-refractivity contribution < 1.29 is 20.1 Å². The summed E-state index contributed by atoms with van der Waals surface area (Å²) in [6.45, 7) is 10.1. The maximum atomic E-state index is 10.8. The number of rotatable bonds is 9. The van der Waals surface area contributed by atoms with Gasteiger partial charge in [0.1, 0.15) is 22.4 Å². The van der Waals surface area contributed by atoms with Crippen molar-refractivity contribution in [3.05, 3.63) is 18.0 Å². The van der Waals surface area contributed by atoms with E-state index in [-0.39, 0.29) is 6.10 Å². The van der Waals surface area contributed by atoms with Crippen LogP contribution in [0.1, 0.15) is 39.8 Å². The molecule has 1 aliphatic rings. The summed E-state index contributed by atoms with van der Waals surface area (Å²) in [6.07, 6.45) is -0.0464. The summed E-state index contributed by atoms with van der Waals surface area (Å²) in [5, 5.41) is 39.1. The number of aromatic nitrogens is 4. The molecule has 36 heavy (non-hydrogen) atoms. The molecule has 0 spiro atoms. The number of nitrogens with one attached hydrogen (secondary N) is 2. The molecule has 3 aromatic rings. The Labute approximate surface area is 214 Å². The van der Waals surface area contributed by atoms with E-state index in [1.165, 1.54) is 11.3 Å². The number of pyridine rings is 1. The lowest BCUT2D eigenvalue weighted by Crippen LogP contribution is -2.40. The fraction of sp³-hybridized carbons (Fsp3) is 0.583. The molecule has 0 bridgehead atoms. The summed E-state index contributed by atoms with van der Waals surface area (Å²) in [5.41, 5.74) is 6.85. The van der Waals surface area contributed by atoms with Crippen LogP contribution in [0.25, 0.3) is 20.8 Å². The molecule has 0 amide bonds. The first kappa shape index (κ1) is 26.4. The number of hydrogen-bond donors (Lipinski definition) is 6. The Kier molecular flexibility index (Phi) is 7.62. The van der Waals surface area contributed by atoms with E-state index in [4.69, 9.17) is 20.4 Å². The Hall–Kier alpha value is -2.64. The molecule has 3 aromatic heterocycles. The molecule has 0 aliphatic heterocycles. The molecule has 4 atom stereocenters. The van der Waals surface area contributed by atoms with Gasteiger partial charge in [0.05, 0.1) is 46.4 Å². The van der Waals surface area contributed by atoms with Gasteiger partial charge in [0.15, 0.2) is 5.82 Å². The second-order valence-corrected chi connectivity index (χ2v) is 11.0. The number of aliphatic hydroxyl groups excluding tert-OH is 2. The lowest BCUT2D eigenvalue weighted by Gasteiger charge is -2.28. The first-order chi connectivity index (χ1) is 17.0. The molecule has 1 fully saturated rings. The summed E-state index contributed by atoms with van der Waals surface area (Å²) >= 11 is 1.44. The number of ether oxygens (including phenoxy) is 1.